The van der Waals surface area contributed by atoms with Crippen molar-refractivity contribution in [2.75, 3.05) is 27.3 Å². The van der Waals surface area contributed by atoms with E-state index in [9.17, 15) is 4.79 Å². The Bertz CT molecular complexity index is 216. The second kappa shape index (κ2) is 8.44. The summed E-state index contributed by atoms with van der Waals surface area (Å²) < 4.78 is 9.96. The fourth-order valence-electron chi connectivity index (χ4n) is 1.52. The summed E-state index contributed by atoms with van der Waals surface area (Å²) in [4.78, 5) is 11.6. The predicted octanol–water partition coefficient (Wildman–Crippen LogP) is 0.877. The molecule has 17 heavy (non-hydrogen) atoms. The second-order valence-electron chi connectivity index (χ2n) is 4.91. The van der Waals surface area contributed by atoms with Crippen molar-refractivity contribution in [3.8, 4) is 0 Å². The minimum absolute atomic E-state index is 0.0224. The maximum Gasteiger partial charge on any atom is 0.220 e. The van der Waals surface area contributed by atoms with E-state index in [1.165, 1.54) is 0 Å². The molecule has 0 spiro atoms. The summed E-state index contributed by atoms with van der Waals surface area (Å²) in [5, 5.41) is 2.78. The summed E-state index contributed by atoms with van der Waals surface area (Å²) in [6.45, 7) is 5.29. The molecule has 0 aliphatic rings. The third-order valence-corrected chi connectivity index (χ3v) is 2.84. The van der Waals surface area contributed by atoms with Crippen LogP contribution in [-0.2, 0) is 14.3 Å². The molecule has 0 fully saturated rings. The van der Waals surface area contributed by atoms with Gasteiger partial charge in [-0.25, -0.2) is 0 Å². The molecule has 0 unspecified atom stereocenters. The molecular formula is C12H26N2O3. The number of methoxy groups -OCH3 is 2. The average molecular weight is 246 g/mol. The maximum atomic E-state index is 11.6. The summed E-state index contributed by atoms with van der Waals surface area (Å²) >= 11 is 0. The fraction of sp³-hybridized carbons (Fsp3) is 0.917. The molecule has 0 saturated heterocycles. The number of carbonyl (C=O) groups excluding carboxylic acids is 1. The Morgan fingerprint density at radius 1 is 1.29 bits per heavy atom. The van der Waals surface area contributed by atoms with E-state index >= 15 is 0 Å². The van der Waals surface area contributed by atoms with Crippen molar-refractivity contribution in [3.05, 3.63) is 0 Å². The van der Waals surface area contributed by atoms with Gasteiger partial charge in [0.1, 0.15) is 0 Å². The van der Waals surface area contributed by atoms with Gasteiger partial charge in [0, 0.05) is 20.6 Å². The van der Waals surface area contributed by atoms with Crippen LogP contribution in [0.5, 0.6) is 0 Å². The molecule has 0 bridgehead atoms. The van der Waals surface area contributed by atoms with E-state index in [4.69, 9.17) is 15.2 Å². The summed E-state index contributed by atoms with van der Waals surface area (Å²) in [5.41, 5.74) is 5.64. The first-order valence-corrected chi connectivity index (χ1v) is 5.97. The fourth-order valence-corrected chi connectivity index (χ4v) is 1.52. The minimum Gasteiger partial charge on any atom is -0.354 e. The van der Waals surface area contributed by atoms with Crippen LogP contribution in [0.1, 0.15) is 33.1 Å². The van der Waals surface area contributed by atoms with Crippen molar-refractivity contribution in [1.82, 2.24) is 5.32 Å². The number of nitrogens with one attached hydrogen (secondary N) is 1. The Hall–Kier alpha value is -0.650. The van der Waals surface area contributed by atoms with E-state index in [1.807, 2.05) is 0 Å². The summed E-state index contributed by atoms with van der Waals surface area (Å²) in [5.74, 6) is 0.0224. The average Bonchev–Trinajstić information content (AvgIpc) is 2.28. The molecule has 0 aliphatic carbocycles. The molecule has 0 aliphatic heterocycles. The van der Waals surface area contributed by atoms with Gasteiger partial charge in [-0.15, -0.1) is 0 Å². The van der Waals surface area contributed by atoms with E-state index in [-0.39, 0.29) is 17.6 Å². The molecule has 0 heterocycles. The third-order valence-electron chi connectivity index (χ3n) is 2.84. The van der Waals surface area contributed by atoms with E-state index in [1.54, 1.807) is 14.2 Å². The van der Waals surface area contributed by atoms with Gasteiger partial charge in [0.15, 0.2) is 6.29 Å². The number of nitrogens with two attached hydrogens (primary N) is 1. The highest BCUT2D eigenvalue weighted by Crippen LogP contribution is 2.25. The molecule has 0 aromatic rings. The quantitative estimate of drug-likeness (QED) is 0.592. The third kappa shape index (κ3) is 8.12. The van der Waals surface area contributed by atoms with Crippen molar-refractivity contribution < 1.29 is 14.3 Å². The second-order valence-corrected chi connectivity index (χ2v) is 4.91. The van der Waals surface area contributed by atoms with Crippen LogP contribution < -0.4 is 11.1 Å². The zero-order valence-electron chi connectivity index (χ0n) is 11.4. The Balaban J connectivity index is 3.79. The van der Waals surface area contributed by atoms with Crippen molar-refractivity contribution >= 4 is 5.91 Å². The lowest BCUT2D eigenvalue weighted by molar-refractivity contribution is -0.127. The maximum absolute atomic E-state index is 11.6. The zero-order valence-corrected chi connectivity index (χ0v) is 11.4. The Morgan fingerprint density at radius 2 is 1.88 bits per heavy atom. The molecule has 0 atom stereocenters. The molecule has 0 aromatic heterocycles. The number of carbonyl (C=O) groups is 1. The predicted molar refractivity (Wildman–Crippen MR) is 67.5 cm³/mol. The summed E-state index contributed by atoms with van der Waals surface area (Å²) in [6, 6.07) is 0. The highest BCUT2D eigenvalue weighted by atomic mass is 16.7. The van der Waals surface area contributed by atoms with Gasteiger partial charge in [-0.05, 0) is 24.8 Å². The van der Waals surface area contributed by atoms with E-state index in [2.05, 4.69) is 19.2 Å². The van der Waals surface area contributed by atoms with E-state index in [0.717, 1.165) is 12.8 Å². The lowest BCUT2D eigenvalue weighted by atomic mass is 9.84. The first-order valence-electron chi connectivity index (χ1n) is 5.97. The normalized spacial score (nSPS) is 11.9. The van der Waals surface area contributed by atoms with Gasteiger partial charge < -0.3 is 20.5 Å². The van der Waals surface area contributed by atoms with Gasteiger partial charge in [-0.2, -0.15) is 0 Å². The van der Waals surface area contributed by atoms with Gasteiger partial charge in [-0.3, -0.25) is 4.79 Å². The summed E-state index contributed by atoms with van der Waals surface area (Å²) in [7, 11) is 3.09. The number of ether oxygens (including phenoxy) is 2. The highest BCUT2D eigenvalue weighted by Gasteiger charge is 2.18. The lowest BCUT2D eigenvalue weighted by Crippen LogP contribution is -2.34. The van der Waals surface area contributed by atoms with Crippen molar-refractivity contribution in [1.29, 1.82) is 0 Å². The highest BCUT2D eigenvalue weighted by molar-refractivity contribution is 5.75. The molecule has 3 N–H and O–H groups in total. The standard InChI is InChI=1S/C12H26N2O3/c1-12(2,7-8-13)6-5-10(15)14-9-11(16-3)17-4/h11H,5-9,13H2,1-4H3,(H,14,15). The van der Waals surface area contributed by atoms with Gasteiger partial charge in [0.05, 0.1) is 6.54 Å². The largest absolute Gasteiger partial charge is 0.354 e. The number of hydrogen-bond donors (Lipinski definition) is 2. The Morgan fingerprint density at radius 3 is 2.35 bits per heavy atom. The molecular weight excluding hydrogens is 220 g/mol. The molecule has 0 rings (SSSR count). The summed E-state index contributed by atoms with van der Waals surface area (Å²) in [6.07, 6.45) is 1.89. The molecule has 102 valence electrons. The van der Waals surface area contributed by atoms with Crippen molar-refractivity contribution in [2.24, 2.45) is 11.1 Å². The first kappa shape index (κ1) is 16.4. The molecule has 5 heteroatoms. The lowest BCUT2D eigenvalue weighted by Gasteiger charge is -2.23. The smallest absolute Gasteiger partial charge is 0.220 e. The monoisotopic (exact) mass is 246 g/mol. The molecule has 0 aromatic carbocycles. The van der Waals surface area contributed by atoms with Crippen LogP contribution in [0.3, 0.4) is 0 Å². The van der Waals surface area contributed by atoms with Crippen molar-refractivity contribution in [3.63, 3.8) is 0 Å². The zero-order chi connectivity index (χ0) is 13.3. The van der Waals surface area contributed by atoms with Crippen LogP contribution in [0.4, 0.5) is 0 Å². The molecule has 5 nitrogen and oxygen atoms in total. The van der Waals surface area contributed by atoms with Gasteiger partial charge >= 0.3 is 0 Å². The number of amides is 1. The Labute approximate surface area is 104 Å². The van der Waals surface area contributed by atoms with E-state index < -0.39 is 0 Å². The minimum atomic E-state index is -0.379. The van der Waals surface area contributed by atoms with Crippen LogP contribution in [-0.4, -0.2) is 39.5 Å². The molecule has 1 amide bonds. The van der Waals surface area contributed by atoms with Crippen LogP contribution in [0, 0.1) is 5.41 Å². The Kier molecular flexibility index (Phi) is 8.12. The van der Waals surface area contributed by atoms with Crippen LogP contribution in [0.25, 0.3) is 0 Å². The van der Waals surface area contributed by atoms with Crippen LogP contribution in [0.15, 0.2) is 0 Å². The van der Waals surface area contributed by atoms with Gasteiger partial charge in [0.25, 0.3) is 0 Å². The van der Waals surface area contributed by atoms with Crippen molar-refractivity contribution in [2.45, 2.75) is 39.4 Å². The van der Waals surface area contributed by atoms with E-state index in [0.29, 0.717) is 19.5 Å². The van der Waals surface area contributed by atoms with Crippen LogP contribution in [0.2, 0.25) is 0 Å². The van der Waals surface area contributed by atoms with Gasteiger partial charge in [-0.1, -0.05) is 13.8 Å². The number of rotatable bonds is 9. The first-order chi connectivity index (χ1) is 7.95. The SMILES string of the molecule is COC(CNC(=O)CCC(C)(C)CCN)OC. The van der Waals surface area contributed by atoms with Gasteiger partial charge in [0.2, 0.25) is 5.91 Å². The van der Waals surface area contributed by atoms with Crippen LogP contribution >= 0.6 is 0 Å². The number of hydrogen-bond acceptors (Lipinski definition) is 4. The molecule has 0 saturated carbocycles. The molecule has 0 radical (unpaired) electrons. The topological polar surface area (TPSA) is 73.6 Å².